The molecule has 0 fully saturated rings. The van der Waals surface area contributed by atoms with Gasteiger partial charge in [-0.2, -0.15) is 0 Å². The van der Waals surface area contributed by atoms with E-state index in [0.29, 0.717) is 5.56 Å². The van der Waals surface area contributed by atoms with Gasteiger partial charge in [0.05, 0.1) is 28.3 Å². The number of hydrogen-bond acceptors (Lipinski definition) is 5. The molecule has 0 saturated heterocycles. The molecule has 3 N–H and O–H groups in total. The number of aromatic nitrogens is 1. The van der Waals surface area contributed by atoms with Gasteiger partial charge in [0.25, 0.3) is 23.1 Å². The van der Waals surface area contributed by atoms with E-state index < -0.39 is 16.7 Å². The first kappa shape index (κ1) is 19.5. The summed E-state index contributed by atoms with van der Waals surface area (Å²) in [6.45, 7) is 0.0551. The van der Waals surface area contributed by atoms with Crippen LogP contribution in [0.1, 0.15) is 26.3 Å². The first-order chi connectivity index (χ1) is 13.8. The number of pyridine rings is 1. The summed E-state index contributed by atoms with van der Waals surface area (Å²) < 4.78 is 1.27. The van der Waals surface area contributed by atoms with Gasteiger partial charge in [-0.1, -0.05) is 24.3 Å². The molecule has 9 heteroatoms. The molecule has 0 aliphatic carbocycles. The van der Waals surface area contributed by atoms with Crippen LogP contribution in [0.3, 0.4) is 0 Å². The Labute approximate surface area is 164 Å². The molecule has 0 spiro atoms. The van der Waals surface area contributed by atoms with Crippen molar-refractivity contribution in [2.45, 2.75) is 6.54 Å². The monoisotopic (exact) mass is 392 g/mol. The van der Waals surface area contributed by atoms with Crippen molar-refractivity contribution in [3.05, 3.63) is 104 Å². The number of benzene rings is 2. The molecule has 3 aromatic rings. The van der Waals surface area contributed by atoms with Gasteiger partial charge in [0, 0.05) is 24.4 Å². The second-order valence-electron chi connectivity index (χ2n) is 6.17. The van der Waals surface area contributed by atoms with Gasteiger partial charge in [-0.3, -0.25) is 24.5 Å². The molecule has 0 bridgehead atoms. The third-order valence-electron chi connectivity index (χ3n) is 4.16. The van der Waals surface area contributed by atoms with Gasteiger partial charge >= 0.3 is 0 Å². The predicted molar refractivity (Wildman–Crippen MR) is 106 cm³/mol. The van der Waals surface area contributed by atoms with Crippen LogP contribution in [-0.2, 0) is 6.54 Å². The summed E-state index contributed by atoms with van der Waals surface area (Å²) in [6, 6.07) is 14.8. The normalized spacial score (nSPS) is 10.3. The number of non-ortho nitro benzene ring substituents is 1. The largest absolute Gasteiger partial charge is 0.366 e. The standard InChI is InChI=1S/C20H16N4O5/c21-19(26)16-6-1-2-7-17(16)22-20(27)14-8-9-18(25)23(12-14)11-13-4-3-5-15(10-13)24(28)29/h1-10,12H,11H2,(H2,21,26)(H,22,27). The summed E-state index contributed by atoms with van der Waals surface area (Å²) in [6.07, 6.45) is 1.35. The summed E-state index contributed by atoms with van der Waals surface area (Å²) in [5, 5.41) is 13.5. The molecule has 2 aromatic carbocycles. The summed E-state index contributed by atoms with van der Waals surface area (Å²) in [4.78, 5) is 46.6. The third kappa shape index (κ3) is 4.53. The van der Waals surface area contributed by atoms with E-state index >= 15 is 0 Å². The van der Waals surface area contributed by atoms with Crippen LogP contribution in [0, 0.1) is 10.1 Å². The first-order valence-corrected chi connectivity index (χ1v) is 8.49. The van der Waals surface area contributed by atoms with Crippen LogP contribution >= 0.6 is 0 Å². The van der Waals surface area contributed by atoms with Gasteiger partial charge in [-0.05, 0) is 23.8 Å². The Kier molecular flexibility index (Phi) is 5.49. The van der Waals surface area contributed by atoms with Crippen LogP contribution in [-0.4, -0.2) is 21.3 Å². The number of nitro benzene ring substituents is 1. The van der Waals surface area contributed by atoms with Crippen LogP contribution in [0.4, 0.5) is 11.4 Å². The van der Waals surface area contributed by atoms with Gasteiger partial charge in [0.15, 0.2) is 0 Å². The molecule has 0 saturated carbocycles. The van der Waals surface area contributed by atoms with Crippen molar-refractivity contribution in [1.82, 2.24) is 4.57 Å². The highest BCUT2D eigenvalue weighted by molar-refractivity contribution is 6.08. The number of para-hydroxylation sites is 1. The number of amides is 2. The number of carbonyl (C=O) groups is 2. The molecule has 0 unspecified atom stereocenters. The Bertz CT molecular complexity index is 1170. The zero-order chi connectivity index (χ0) is 21.0. The van der Waals surface area contributed by atoms with Crippen molar-refractivity contribution < 1.29 is 14.5 Å². The molecule has 2 amide bonds. The van der Waals surface area contributed by atoms with E-state index in [1.165, 1.54) is 53.2 Å². The lowest BCUT2D eigenvalue weighted by Gasteiger charge is -2.11. The number of hydrogen-bond donors (Lipinski definition) is 2. The highest BCUT2D eigenvalue weighted by Crippen LogP contribution is 2.16. The molecule has 1 aromatic heterocycles. The SMILES string of the molecule is NC(=O)c1ccccc1NC(=O)c1ccc(=O)n(Cc2cccc([N+](=O)[O-])c2)c1. The topological polar surface area (TPSA) is 137 Å². The second kappa shape index (κ2) is 8.17. The molecular formula is C20H16N4O5. The quantitative estimate of drug-likeness (QED) is 0.489. The summed E-state index contributed by atoms with van der Waals surface area (Å²) in [5.41, 5.74) is 5.97. The fourth-order valence-corrected chi connectivity index (χ4v) is 2.76. The van der Waals surface area contributed by atoms with Crippen LogP contribution in [0.5, 0.6) is 0 Å². The van der Waals surface area contributed by atoms with Gasteiger partial charge in [-0.15, -0.1) is 0 Å². The van der Waals surface area contributed by atoms with Crippen LogP contribution in [0.2, 0.25) is 0 Å². The lowest BCUT2D eigenvalue weighted by atomic mass is 10.1. The van der Waals surface area contributed by atoms with E-state index in [0.717, 1.165) is 0 Å². The number of nitrogens with zero attached hydrogens (tertiary/aromatic N) is 2. The van der Waals surface area contributed by atoms with Crippen LogP contribution < -0.4 is 16.6 Å². The Morgan fingerprint density at radius 1 is 1.07 bits per heavy atom. The molecule has 0 aliphatic heterocycles. The average molecular weight is 392 g/mol. The van der Waals surface area contributed by atoms with Gasteiger partial charge in [0.2, 0.25) is 0 Å². The number of nitrogens with one attached hydrogen (secondary N) is 1. The van der Waals surface area contributed by atoms with Gasteiger partial charge < -0.3 is 15.6 Å². The molecule has 146 valence electrons. The molecule has 0 aliphatic rings. The maximum absolute atomic E-state index is 12.6. The average Bonchev–Trinajstić information content (AvgIpc) is 2.70. The minimum absolute atomic E-state index is 0.0551. The number of nitrogens with two attached hydrogens (primary N) is 1. The zero-order valence-corrected chi connectivity index (χ0v) is 15.1. The molecule has 0 atom stereocenters. The first-order valence-electron chi connectivity index (χ1n) is 8.49. The third-order valence-corrected chi connectivity index (χ3v) is 4.16. The minimum Gasteiger partial charge on any atom is -0.366 e. The van der Waals surface area contributed by atoms with E-state index in [1.54, 1.807) is 18.2 Å². The summed E-state index contributed by atoms with van der Waals surface area (Å²) >= 11 is 0. The number of rotatable bonds is 6. The highest BCUT2D eigenvalue weighted by atomic mass is 16.6. The Morgan fingerprint density at radius 2 is 1.83 bits per heavy atom. The fourth-order valence-electron chi connectivity index (χ4n) is 2.76. The lowest BCUT2D eigenvalue weighted by molar-refractivity contribution is -0.384. The number of nitro groups is 1. The Balaban J connectivity index is 1.86. The van der Waals surface area contributed by atoms with E-state index in [2.05, 4.69) is 5.32 Å². The second-order valence-corrected chi connectivity index (χ2v) is 6.17. The maximum atomic E-state index is 12.6. The van der Waals surface area contributed by atoms with Crippen molar-refractivity contribution >= 4 is 23.2 Å². The molecule has 1 heterocycles. The summed E-state index contributed by atoms with van der Waals surface area (Å²) in [5.74, 6) is -1.22. The smallest absolute Gasteiger partial charge is 0.269 e. The van der Waals surface area contributed by atoms with E-state index in [1.807, 2.05) is 0 Å². The van der Waals surface area contributed by atoms with Crippen molar-refractivity contribution in [3.8, 4) is 0 Å². The zero-order valence-electron chi connectivity index (χ0n) is 15.1. The molecule has 29 heavy (non-hydrogen) atoms. The van der Waals surface area contributed by atoms with E-state index in [9.17, 15) is 24.5 Å². The van der Waals surface area contributed by atoms with Gasteiger partial charge in [0.1, 0.15) is 0 Å². The summed E-state index contributed by atoms with van der Waals surface area (Å²) in [7, 11) is 0. The molecular weight excluding hydrogens is 376 g/mol. The van der Waals surface area contributed by atoms with E-state index in [4.69, 9.17) is 5.73 Å². The number of primary amides is 1. The highest BCUT2D eigenvalue weighted by Gasteiger charge is 2.13. The fraction of sp³-hybridized carbons (Fsp3) is 0.0500. The molecule has 9 nitrogen and oxygen atoms in total. The maximum Gasteiger partial charge on any atom is 0.269 e. The number of anilines is 1. The van der Waals surface area contributed by atoms with Gasteiger partial charge in [-0.25, -0.2) is 0 Å². The van der Waals surface area contributed by atoms with Crippen LogP contribution in [0.25, 0.3) is 0 Å². The Morgan fingerprint density at radius 3 is 2.55 bits per heavy atom. The van der Waals surface area contributed by atoms with E-state index in [-0.39, 0.29) is 34.6 Å². The lowest BCUT2D eigenvalue weighted by Crippen LogP contribution is -2.23. The van der Waals surface area contributed by atoms with Crippen LogP contribution in [0.15, 0.2) is 71.7 Å². The number of carbonyl (C=O) groups excluding carboxylic acids is 2. The van der Waals surface area contributed by atoms with Crippen molar-refractivity contribution in [3.63, 3.8) is 0 Å². The molecule has 0 radical (unpaired) electrons. The van der Waals surface area contributed by atoms with Crippen molar-refractivity contribution in [1.29, 1.82) is 0 Å². The van der Waals surface area contributed by atoms with Crippen molar-refractivity contribution in [2.24, 2.45) is 5.73 Å². The minimum atomic E-state index is -0.684. The predicted octanol–water partition coefficient (Wildman–Crippen LogP) is 2.16. The Hall–Kier alpha value is -4.27. The molecule has 3 rings (SSSR count). The van der Waals surface area contributed by atoms with Crippen molar-refractivity contribution in [2.75, 3.05) is 5.32 Å².